The van der Waals surface area contributed by atoms with E-state index in [0.29, 0.717) is 18.8 Å². The number of H-pyrrole nitrogens is 1. The third-order valence-corrected chi connectivity index (χ3v) is 2.56. The first-order valence-electron chi connectivity index (χ1n) is 4.72. The molecule has 4 nitrogen and oxygen atoms in total. The molecule has 15 heavy (non-hydrogen) atoms. The Labute approximate surface area is 84.5 Å². The van der Waals surface area contributed by atoms with Gasteiger partial charge in [0.25, 0.3) is 0 Å². The molecule has 0 radical (unpaired) electrons. The van der Waals surface area contributed by atoms with Crippen molar-refractivity contribution in [3.8, 4) is 0 Å². The number of hydrogen-bond acceptors (Lipinski definition) is 3. The van der Waals surface area contributed by atoms with Gasteiger partial charge in [0.2, 0.25) is 0 Å². The standard InChI is InChI=1S/C8H11F3N4/c9-8(10,11)6-2-1-3-15(6)4-7-12-5-13-14-7/h5-6H,1-4H2,(H,12,13,14). The van der Waals surface area contributed by atoms with E-state index >= 15 is 0 Å². The molecular weight excluding hydrogens is 209 g/mol. The zero-order chi connectivity index (χ0) is 10.9. The van der Waals surface area contributed by atoms with Gasteiger partial charge in [-0.2, -0.15) is 18.3 Å². The van der Waals surface area contributed by atoms with Gasteiger partial charge in [-0.15, -0.1) is 0 Å². The molecule has 1 saturated heterocycles. The van der Waals surface area contributed by atoms with Crippen molar-refractivity contribution in [1.29, 1.82) is 0 Å². The molecule has 1 aromatic rings. The number of aromatic nitrogens is 3. The van der Waals surface area contributed by atoms with Gasteiger partial charge in [-0.05, 0) is 19.4 Å². The summed E-state index contributed by atoms with van der Waals surface area (Å²) in [5.74, 6) is 0.478. The predicted molar refractivity (Wildman–Crippen MR) is 45.9 cm³/mol. The van der Waals surface area contributed by atoms with Crippen LogP contribution in [0, 0.1) is 0 Å². The second kappa shape index (κ2) is 3.80. The molecule has 1 aliphatic heterocycles. The highest BCUT2D eigenvalue weighted by Crippen LogP contribution is 2.32. The molecule has 1 atom stereocenters. The van der Waals surface area contributed by atoms with Crippen LogP contribution in [-0.4, -0.2) is 38.8 Å². The lowest BCUT2D eigenvalue weighted by molar-refractivity contribution is -0.177. The van der Waals surface area contributed by atoms with E-state index in [2.05, 4.69) is 15.2 Å². The minimum absolute atomic E-state index is 0.178. The summed E-state index contributed by atoms with van der Waals surface area (Å²) in [7, 11) is 0. The first kappa shape index (κ1) is 10.4. The zero-order valence-electron chi connectivity index (χ0n) is 7.96. The van der Waals surface area contributed by atoms with Crippen LogP contribution in [0.25, 0.3) is 0 Å². The van der Waals surface area contributed by atoms with Gasteiger partial charge in [-0.25, -0.2) is 4.98 Å². The lowest BCUT2D eigenvalue weighted by Gasteiger charge is -2.25. The van der Waals surface area contributed by atoms with E-state index in [9.17, 15) is 13.2 Å². The Morgan fingerprint density at radius 1 is 1.53 bits per heavy atom. The van der Waals surface area contributed by atoms with Crippen LogP contribution in [0.15, 0.2) is 6.33 Å². The van der Waals surface area contributed by atoms with Gasteiger partial charge in [0.1, 0.15) is 18.2 Å². The smallest absolute Gasteiger partial charge is 0.285 e. The van der Waals surface area contributed by atoms with Crippen molar-refractivity contribution < 1.29 is 13.2 Å². The summed E-state index contributed by atoms with van der Waals surface area (Å²) in [6.45, 7) is 0.648. The number of nitrogens with zero attached hydrogens (tertiary/aromatic N) is 3. The molecule has 0 bridgehead atoms. The highest BCUT2D eigenvalue weighted by Gasteiger charge is 2.45. The van der Waals surface area contributed by atoms with Crippen molar-refractivity contribution >= 4 is 0 Å². The number of nitrogens with one attached hydrogen (secondary N) is 1. The third-order valence-electron chi connectivity index (χ3n) is 2.56. The highest BCUT2D eigenvalue weighted by molar-refractivity contribution is 4.89. The molecule has 2 heterocycles. The van der Waals surface area contributed by atoms with Crippen molar-refractivity contribution in [1.82, 2.24) is 20.1 Å². The first-order valence-corrected chi connectivity index (χ1v) is 4.72. The summed E-state index contributed by atoms with van der Waals surface area (Å²) in [5, 5.41) is 6.17. The maximum atomic E-state index is 12.6. The van der Waals surface area contributed by atoms with Crippen molar-refractivity contribution in [2.45, 2.75) is 31.6 Å². The quantitative estimate of drug-likeness (QED) is 0.817. The molecule has 7 heteroatoms. The lowest BCUT2D eigenvalue weighted by atomic mass is 10.2. The van der Waals surface area contributed by atoms with Crippen LogP contribution in [0.5, 0.6) is 0 Å². The topological polar surface area (TPSA) is 44.8 Å². The van der Waals surface area contributed by atoms with Gasteiger partial charge in [0, 0.05) is 0 Å². The van der Waals surface area contributed by atoms with Crippen LogP contribution >= 0.6 is 0 Å². The van der Waals surface area contributed by atoms with Gasteiger partial charge in [0.15, 0.2) is 0 Å². The molecule has 1 aromatic heterocycles. The Kier molecular flexibility index (Phi) is 2.64. The number of hydrogen-bond donors (Lipinski definition) is 1. The van der Waals surface area contributed by atoms with Gasteiger partial charge in [-0.3, -0.25) is 10.00 Å². The molecule has 0 spiro atoms. The van der Waals surface area contributed by atoms with E-state index in [1.54, 1.807) is 0 Å². The summed E-state index contributed by atoms with van der Waals surface area (Å²) in [5.41, 5.74) is 0. The number of rotatable bonds is 2. The summed E-state index contributed by atoms with van der Waals surface area (Å²) in [6.07, 6.45) is -2.08. The summed E-state index contributed by atoms with van der Waals surface area (Å²) in [4.78, 5) is 5.21. The maximum Gasteiger partial charge on any atom is 0.404 e. The molecule has 0 aromatic carbocycles. The van der Waals surface area contributed by atoms with Crippen molar-refractivity contribution in [2.75, 3.05) is 6.54 Å². The number of aromatic amines is 1. The van der Waals surface area contributed by atoms with Gasteiger partial charge >= 0.3 is 6.18 Å². The fraction of sp³-hybridized carbons (Fsp3) is 0.750. The molecule has 0 amide bonds. The fourth-order valence-corrected chi connectivity index (χ4v) is 1.89. The Morgan fingerprint density at radius 2 is 2.33 bits per heavy atom. The molecule has 84 valence electrons. The Bertz CT molecular complexity index is 308. The largest absolute Gasteiger partial charge is 0.404 e. The average Bonchev–Trinajstić information content (AvgIpc) is 2.73. The van der Waals surface area contributed by atoms with Gasteiger partial charge < -0.3 is 0 Å². The van der Waals surface area contributed by atoms with Gasteiger partial charge in [0.05, 0.1) is 6.54 Å². The third kappa shape index (κ3) is 2.28. The lowest BCUT2D eigenvalue weighted by Crippen LogP contribution is -2.40. The molecule has 2 rings (SSSR count). The summed E-state index contributed by atoms with van der Waals surface area (Å²) in [6, 6.07) is -1.33. The molecule has 1 fully saturated rings. The fourth-order valence-electron chi connectivity index (χ4n) is 1.89. The summed E-state index contributed by atoms with van der Waals surface area (Å²) < 4.78 is 37.7. The predicted octanol–water partition coefficient (Wildman–Crippen LogP) is 1.33. The monoisotopic (exact) mass is 220 g/mol. The SMILES string of the molecule is FC(F)(F)C1CCCN1Cc1ncn[nH]1. The highest BCUT2D eigenvalue weighted by atomic mass is 19.4. The summed E-state index contributed by atoms with van der Waals surface area (Å²) >= 11 is 0. The number of alkyl halides is 3. The average molecular weight is 220 g/mol. The van der Waals surface area contributed by atoms with Crippen molar-refractivity contribution in [2.24, 2.45) is 0 Å². The van der Waals surface area contributed by atoms with E-state index in [0.717, 1.165) is 0 Å². The Morgan fingerprint density at radius 3 is 2.93 bits per heavy atom. The Hall–Kier alpha value is -1.11. The van der Waals surface area contributed by atoms with Crippen molar-refractivity contribution in [3.05, 3.63) is 12.2 Å². The van der Waals surface area contributed by atoms with Crippen LogP contribution in [0.1, 0.15) is 18.7 Å². The molecule has 0 saturated carbocycles. The molecule has 0 aliphatic carbocycles. The van der Waals surface area contributed by atoms with Crippen LogP contribution in [0.2, 0.25) is 0 Å². The van der Waals surface area contributed by atoms with E-state index in [-0.39, 0.29) is 13.0 Å². The van der Waals surface area contributed by atoms with Crippen LogP contribution in [0.4, 0.5) is 13.2 Å². The molecule has 1 unspecified atom stereocenters. The molecule has 1 aliphatic rings. The van der Waals surface area contributed by atoms with E-state index < -0.39 is 12.2 Å². The second-order valence-electron chi connectivity index (χ2n) is 3.60. The maximum absolute atomic E-state index is 12.6. The second-order valence-corrected chi connectivity index (χ2v) is 3.60. The minimum atomic E-state index is -4.14. The number of likely N-dealkylation sites (tertiary alicyclic amines) is 1. The minimum Gasteiger partial charge on any atom is -0.285 e. The van der Waals surface area contributed by atoms with E-state index in [1.165, 1.54) is 11.2 Å². The van der Waals surface area contributed by atoms with Crippen LogP contribution in [0.3, 0.4) is 0 Å². The van der Waals surface area contributed by atoms with Crippen LogP contribution < -0.4 is 0 Å². The van der Waals surface area contributed by atoms with Crippen LogP contribution in [-0.2, 0) is 6.54 Å². The van der Waals surface area contributed by atoms with Crippen molar-refractivity contribution in [3.63, 3.8) is 0 Å². The normalized spacial score (nSPS) is 23.5. The molecular formula is C8H11F3N4. The van der Waals surface area contributed by atoms with E-state index in [4.69, 9.17) is 0 Å². The van der Waals surface area contributed by atoms with E-state index in [1.807, 2.05) is 0 Å². The number of halogens is 3. The first-order chi connectivity index (χ1) is 7.07. The Balaban J connectivity index is 2.03. The van der Waals surface area contributed by atoms with Gasteiger partial charge in [-0.1, -0.05) is 0 Å². The molecule has 1 N–H and O–H groups in total. The zero-order valence-corrected chi connectivity index (χ0v) is 7.96.